The number of hydrogen-bond acceptors (Lipinski definition) is 5. The lowest BCUT2D eigenvalue weighted by atomic mass is 9.96. The average Bonchev–Trinajstić information content (AvgIpc) is 3.06. The number of rotatable bonds is 4. The van der Waals surface area contributed by atoms with Gasteiger partial charge in [0.2, 0.25) is 0 Å². The maximum atomic E-state index is 13.0. The van der Waals surface area contributed by atoms with Gasteiger partial charge in [0.25, 0.3) is 5.91 Å². The van der Waals surface area contributed by atoms with Crippen LogP contribution in [0.1, 0.15) is 34.7 Å². The van der Waals surface area contributed by atoms with Gasteiger partial charge in [-0.15, -0.1) is 0 Å². The first kappa shape index (κ1) is 20.1. The molecular formula is C18H23F3N6O. The summed E-state index contributed by atoms with van der Waals surface area (Å²) in [5, 5.41) is 4.01. The van der Waals surface area contributed by atoms with Crippen LogP contribution in [0.2, 0.25) is 0 Å². The van der Waals surface area contributed by atoms with Crippen molar-refractivity contribution < 1.29 is 18.0 Å². The quantitative estimate of drug-likeness (QED) is 0.795. The Labute approximate surface area is 161 Å². The highest BCUT2D eigenvalue weighted by molar-refractivity contribution is 5.93. The van der Waals surface area contributed by atoms with Crippen molar-refractivity contribution in [2.45, 2.75) is 25.9 Å². The maximum absolute atomic E-state index is 13.0. The van der Waals surface area contributed by atoms with E-state index in [1.807, 2.05) is 4.90 Å². The summed E-state index contributed by atoms with van der Waals surface area (Å²) in [7, 11) is 3.51. The number of aryl methyl sites for hydroxylation is 2. The normalized spacial score (nSPS) is 15.7. The van der Waals surface area contributed by atoms with E-state index in [0.29, 0.717) is 31.0 Å². The molecule has 7 nitrogen and oxygen atoms in total. The first-order valence-electron chi connectivity index (χ1n) is 9.05. The van der Waals surface area contributed by atoms with E-state index in [4.69, 9.17) is 0 Å². The lowest BCUT2D eigenvalue weighted by Gasteiger charge is -2.34. The van der Waals surface area contributed by atoms with Crippen molar-refractivity contribution in [2.24, 2.45) is 13.0 Å². The maximum Gasteiger partial charge on any atom is 0.433 e. The van der Waals surface area contributed by atoms with Gasteiger partial charge in [0.15, 0.2) is 0 Å². The second-order valence-corrected chi connectivity index (χ2v) is 7.18. The molecule has 3 heterocycles. The van der Waals surface area contributed by atoms with Crippen LogP contribution in [0.25, 0.3) is 0 Å². The van der Waals surface area contributed by atoms with Gasteiger partial charge in [0, 0.05) is 46.0 Å². The predicted octanol–water partition coefficient (Wildman–Crippen LogP) is 2.53. The van der Waals surface area contributed by atoms with Crippen molar-refractivity contribution in [3.05, 3.63) is 35.5 Å². The number of hydrogen-bond donors (Lipinski definition) is 0. The molecule has 0 atom stereocenters. The fourth-order valence-electron chi connectivity index (χ4n) is 3.43. The largest absolute Gasteiger partial charge is 0.433 e. The molecule has 0 bridgehead atoms. The number of carbonyl (C=O) groups excluding carboxylic acids is 1. The molecule has 0 radical (unpaired) electrons. The minimum Gasteiger partial charge on any atom is -0.356 e. The van der Waals surface area contributed by atoms with Crippen molar-refractivity contribution in [2.75, 3.05) is 31.6 Å². The zero-order valence-electron chi connectivity index (χ0n) is 16.1. The van der Waals surface area contributed by atoms with Gasteiger partial charge in [-0.25, -0.2) is 9.97 Å². The van der Waals surface area contributed by atoms with Crippen LogP contribution in [0, 0.1) is 12.8 Å². The minimum absolute atomic E-state index is 0.0863. The summed E-state index contributed by atoms with van der Waals surface area (Å²) in [5.74, 6) is 0.607. The molecule has 0 spiro atoms. The van der Waals surface area contributed by atoms with E-state index >= 15 is 0 Å². The molecule has 2 aromatic rings. The van der Waals surface area contributed by atoms with Gasteiger partial charge < -0.3 is 9.80 Å². The Kier molecular flexibility index (Phi) is 5.57. The third kappa shape index (κ3) is 4.60. The fraction of sp³-hybridized carbons (Fsp3) is 0.556. The lowest BCUT2D eigenvalue weighted by molar-refractivity contribution is -0.141. The third-order valence-corrected chi connectivity index (χ3v) is 4.88. The zero-order valence-corrected chi connectivity index (χ0v) is 16.1. The summed E-state index contributed by atoms with van der Waals surface area (Å²) in [6.07, 6.45) is 0.272. The Hall–Kier alpha value is -2.65. The Balaban J connectivity index is 1.59. The molecule has 0 unspecified atom stereocenters. The second-order valence-electron chi connectivity index (χ2n) is 7.18. The number of aromatic nitrogens is 4. The first-order chi connectivity index (χ1) is 13.1. The highest BCUT2D eigenvalue weighted by atomic mass is 19.4. The number of nitrogens with zero attached hydrogens (tertiary/aromatic N) is 6. The molecule has 0 saturated carbocycles. The fourth-order valence-corrected chi connectivity index (χ4v) is 3.43. The summed E-state index contributed by atoms with van der Waals surface area (Å²) in [4.78, 5) is 23.6. The summed E-state index contributed by atoms with van der Waals surface area (Å²) < 4.78 is 40.5. The van der Waals surface area contributed by atoms with Crippen LogP contribution in [0.5, 0.6) is 0 Å². The summed E-state index contributed by atoms with van der Waals surface area (Å²) in [6, 6.07) is 1.01. The lowest BCUT2D eigenvalue weighted by Crippen LogP contribution is -2.40. The van der Waals surface area contributed by atoms with Crippen molar-refractivity contribution in [1.82, 2.24) is 24.6 Å². The Morgan fingerprint density at radius 1 is 1.29 bits per heavy atom. The molecule has 1 saturated heterocycles. The number of alkyl halides is 3. The van der Waals surface area contributed by atoms with Gasteiger partial charge in [0.05, 0.1) is 11.8 Å². The van der Waals surface area contributed by atoms with Crippen LogP contribution in [0.4, 0.5) is 19.0 Å². The monoisotopic (exact) mass is 396 g/mol. The number of halogens is 3. The number of anilines is 1. The van der Waals surface area contributed by atoms with E-state index < -0.39 is 11.9 Å². The van der Waals surface area contributed by atoms with Crippen LogP contribution in [0.3, 0.4) is 0 Å². The summed E-state index contributed by atoms with van der Waals surface area (Å²) in [6.45, 7) is 3.24. The van der Waals surface area contributed by atoms with Gasteiger partial charge >= 0.3 is 6.18 Å². The van der Waals surface area contributed by atoms with E-state index in [2.05, 4.69) is 15.1 Å². The van der Waals surface area contributed by atoms with E-state index in [1.54, 1.807) is 29.9 Å². The second kappa shape index (κ2) is 7.76. The summed E-state index contributed by atoms with van der Waals surface area (Å²) >= 11 is 0. The number of piperidine rings is 1. The summed E-state index contributed by atoms with van der Waals surface area (Å²) in [5.41, 5.74) is -0.377. The average molecular weight is 396 g/mol. The molecule has 28 heavy (non-hydrogen) atoms. The van der Waals surface area contributed by atoms with Crippen LogP contribution in [-0.4, -0.2) is 57.2 Å². The highest BCUT2D eigenvalue weighted by Crippen LogP contribution is 2.31. The molecule has 3 rings (SSSR count). The van der Waals surface area contributed by atoms with Gasteiger partial charge in [-0.2, -0.15) is 18.3 Å². The predicted molar refractivity (Wildman–Crippen MR) is 96.9 cm³/mol. The molecule has 0 aromatic carbocycles. The Bertz CT molecular complexity index is 842. The van der Waals surface area contributed by atoms with Crippen LogP contribution in [0.15, 0.2) is 18.5 Å². The standard InChI is InChI=1S/C18H23F3N6O/c1-12-23-15(18(19,20)21)8-16(24-12)27-6-4-13(5-7-27)10-25(2)17(28)14-9-22-26(3)11-14/h8-9,11,13H,4-7,10H2,1-3H3. The molecule has 152 valence electrons. The molecule has 0 aliphatic carbocycles. The smallest absolute Gasteiger partial charge is 0.356 e. The van der Waals surface area contributed by atoms with Crippen molar-refractivity contribution in [3.63, 3.8) is 0 Å². The molecule has 10 heteroatoms. The molecular weight excluding hydrogens is 373 g/mol. The van der Waals surface area contributed by atoms with Crippen molar-refractivity contribution in [3.8, 4) is 0 Å². The van der Waals surface area contributed by atoms with E-state index in [-0.39, 0.29) is 17.6 Å². The SMILES string of the molecule is Cc1nc(N2CCC(CN(C)C(=O)c3cnn(C)c3)CC2)cc(C(F)(F)F)n1. The zero-order chi connectivity index (χ0) is 20.5. The third-order valence-electron chi connectivity index (χ3n) is 4.88. The molecule has 0 N–H and O–H groups in total. The molecule has 2 aromatic heterocycles. The minimum atomic E-state index is -4.49. The van der Waals surface area contributed by atoms with Crippen molar-refractivity contribution in [1.29, 1.82) is 0 Å². The van der Waals surface area contributed by atoms with Gasteiger partial charge in [0.1, 0.15) is 17.3 Å². The van der Waals surface area contributed by atoms with E-state index in [0.717, 1.165) is 18.9 Å². The van der Waals surface area contributed by atoms with E-state index in [1.165, 1.54) is 13.1 Å². The van der Waals surface area contributed by atoms with Crippen molar-refractivity contribution >= 4 is 11.7 Å². The highest BCUT2D eigenvalue weighted by Gasteiger charge is 2.34. The van der Waals surface area contributed by atoms with Gasteiger partial charge in [-0.1, -0.05) is 0 Å². The molecule has 1 amide bonds. The van der Waals surface area contributed by atoms with Crippen LogP contribution in [-0.2, 0) is 13.2 Å². The molecule has 1 aliphatic rings. The topological polar surface area (TPSA) is 67.2 Å². The first-order valence-corrected chi connectivity index (χ1v) is 9.05. The molecule has 1 fully saturated rings. The van der Waals surface area contributed by atoms with E-state index in [9.17, 15) is 18.0 Å². The Morgan fingerprint density at radius 3 is 2.54 bits per heavy atom. The van der Waals surface area contributed by atoms with Crippen LogP contribution >= 0.6 is 0 Å². The Morgan fingerprint density at radius 2 is 1.96 bits per heavy atom. The van der Waals surface area contributed by atoms with Crippen LogP contribution < -0.4 is 4.90 Å². The number of amides is 1. The van der Waals surface area contributed by atoms with Gasteiger partial charge in [-0.3, -0.25) is 9.48 Å². The number of carbonyl (C=O) groups is 1. The van der Waals surface area contributed by atoms with Gasteiger partial charge in [-0.05, 0) is 25.7 Å². The molecule has 1 aliphatic heterocycles.